The average Bonchev–Trinajstić information content (AvgIpc) is 2.52. The summed E-state index contributed by atoms with van der Waals surface area (Å²) in [4.78, 5) is 21.6. The Balaban J connectivity index is 2.90. The van der Waals surface area contributed by atoms with Crippen molar-refractivity contribution >= 4 is 11.9 Å². The first-order chi connectivity index (χ1) is 10.1. The summed E-state index contributed by atoms with van der Waals surface area (Å²) in [5.41, 5.74) is 7.53. The Labute approximate surface area is 123 Å². The van der Waals surface area contributed by atoms with E-state index < -0.39 is 12.1 Å². The molecule has 0 spiro atoms. The van der Waals surface area contributed by atoms with Crippen molar-refractivity contribution in [3.63, 3.8) is 0 Å². The molecule has 0 aliphatic heterocycles. The summed E-state index contributed by atoms with van der Waals surface area (Å²) >= 11 is 0. The molecular weight excluding hydrogens is 274 g/mol. The molecule has 0 saturated carbocycles. The minimum Gasteiger partial charge on any atom is -0.497 e. The molecule has 114 valence electrons. The predicted molar refractivity (Wildman–Crippen MR) is 76.4 cm³/mol. The minimum atomic E-state index is -0.516. The SMILES string of the molecule is COC(=O)CC(Cc1ccc(OC)cc1CN)OC=C=O. The summed E-state index contributed by atoms with van der Waals surface area (Å²) in [5.74, 6) is 1.82. The lowest BCUT2D eigenvalue weighted by Crippen LogP contribution is -2.20. The quantitative estimate of drug-likeness (QED) is 0.437. The summed E-state index contributed by atoms with van der Waals surface area (Å²) in [6.07, 6.45) is 0.839. The number of methoxy groups -OCH3 is 2. The number of carbonyl (C=O) groups is 1. The van der Waals surface area contributed by atoms with E-state index >= 15 is 0 Å². The highest BCUT2D eigenvalue weighted by Crippen LogP contribution is 2.20. The number of ether oxygens (including phenoxy) is 3. The van der Waals surface area contributed by atoms with Crippen molar-refractivity contribution in [1.82, 2.24) is 0 Å². The molecule has 0 radical (unpaired) electrons. The molecule has 6 heteroatoms. The van der Waals surface area contributed by atoms with Gasteiger partial charge in [-0.1, -0.05) is 6.07 Å². The minimum absolute atomic E-state index is 0.0325. The van der Waals surface area contributed by atoms with Crippen LogP contribution >= 0.6 is 0 Å². The number of esters is 1. The number of rotatable bonds is 8. The van der Waals surface area contributed by atoms with Crippen LogP contribution in [0.1, 0.15) is 17.5 Å². The molecular formula is C15H19NO5. The van der Waals surface area contributed by atoms with Crippen LogP contribution in [0.25, 0.3) is 0 Å². The molecule has 0 saturated heterocycles. The summed E-state index contributed by atoms with van der Waals surface area (Å²) in [7, 11) is 2.88. The maximum Gasteiger partial charge on any atom is 0.309 e. The third kappa shape index (κ3) is 5.30. The van der Waals surface area contributed by atoms with E-state index in [1.807, 2.05) is 12.1 Å². The molecule has 1 aromatic rings. The highest BCUT2D eigenvalue weighted by atomic mass is 16.5. The highest BCUT2D eigenvalue weighted by molar-refractivity contribution is 5.69. The Morgan fingerprint density at radius 1 is 1.38 bits per heavy atom. The van der Waals surface area contributed by atoms with Gasteiger partial charge in [0.25, 0.3) is 0 Å². The molecule has 21 heavy (non-hydrogen) atoms. The zero-order chi connectivity index (χ0) is 15.7. The fourth-order valence-corrected chi connectivity index (χ4v) is 1.93. The zero-order valence-corrected chi connectivity index (χ0v) is 12.1. The fraction of sp³-hybridized carbons (Fsp3) is 0.400. The lowest BCUT2D eigenvalue weighted by Gasteiger charge is -2.17. The zero-order valence-electron chi connectivity index (χ0n) is 12.1. The molecule has 1 unspecified atom stereocenters. The van der Waals surface area contributed by atoms with E-state index in [0.29, 0.717) is 18.7 Å². The molecule has 2 N–H and O–H groups in total. The molecule has 0 aromatic heterocycles. The number of hydrogen-bond acceptors (Lipinski definition) is 6. The lowest BCUT2D eigenvalue weighted by atomic mass is 9.99. The molecule has 1 aromatic carbocycles. The Hall–Kier alpha value is -2.30. The number of carbonyl (C=O) groups excluding carboxylic acids is 2. The summed E-state index contributed by atoms with van der Waals surface area (Å²) in [6.45, 7) is 0.334. The van der Waals surface area contributed by atoms with Crippen LogP contribution in [0.4, 0.5) is 0 Å². The standard InChI is InChI=1S/C15H19NO5/c1-19-13-4-3-11(12(8-13)10-16)7-14(21-6-5-17)9-15(18)20-2/h3-4,6,8,14H,7,9-10,16H2,1-2H3. The molecule has 1 atom stereocenters. The average molecular weight is 293 g/mol. The van der Waals surface area contributed by atoms with E-state index in [0.717, 1.165) is 17.4 Å². The van der Waals surface area contributed by atoms with Crippen LogP contribution in [-0.4, -0.2) is 32.2 Å². The third-order valence-electron chi connectivity index (χ3n) is 3.01. The summed E-state index contributed by atoms with van der Waals surface area (Å²) < 4.78 is 15.0. The largest absolute Gasteiger partial charge is 0.497 e. The van der Waals surface area contributed by atoms with Crippen LogP contribution in [0.2, 0.25) is 0 Å². The highest BCUT2D eigenvalue weighted by Gasteiger charge is 2.17. The van der Waals surface area contributed by atoms with Gasteiger partial charge in [0.2, 0.25) is 0 Å². The Morgan fingerprint density at radius 3 is 2.71 bits per heavy atom. The van der Waals surface area contributed by atoms with Crippen LogP contribution in [0.5, 0.6) is 5.75 Å². The molecule has 0 aliphatic carbocycles. The van der Waals surface area contributed by atoms with E-state index in [9.17, 15) is 9.59 Å². The van der Waals surface area contributed by atoms with Crippen LogP contribution in [0.3, 0.4) is 0 Å². The maximum atomic E-state index is 11.4. The Morgan fingerprint density at radius 2 is 2.14 bits per heavy atom. The van der Waals surface area contributed by atoms with Gasteiger partial charge in [-0.05, 0) is 23.3 Å². The van der Waals surface area contributed by atoms with Crippen LogP contribution in [-0.2, 0) is 32.0 Å². The number of benzene rings is 1. The van der Waals surface area contributed by atoms with Crippen molar-refractivity contribution < 1.29 is 23.8 Å². The molecule has 1 rings (SSSR count). The Bertz CT molecular complexity index is 523. The van der Waals surface area contributed by atoms with Gasteiger partial charge in [0.05, 0.1) is 20.6 Å². The molecule has 0 aliphatic rings. The van der Waals surface area contributed by atoms with Gasteiger partial charge < -0.3 is 19.9 Å². The first kappa shape index (κ1) is 16.8. The molecule has 0 fully saturated rings. The second kappa shape index (κ2) is 8.79. The van der Waals surface area contributed by atoms with Gasteiger partial charge in [-0.3, -0.25) is 4.79 Å². The third-order valence-corrected chi connectivity index (χ3v) is 3.01. The van der Waals surface area contributed by atoms with E-state index in [2.05, 4.69) is 4.74 Å². The maximum absolute atomic E-state index is 11.4. The van der Waals surface area contributed by atoms with Crippen molar-refractivity contribution in [2.75, 3.05) is 14.2 Å². The molecule has 0 bridgehead atoms. The van der Waals surface area contributed by atoms with E-state index in [1.54, 1.807) is 13.2 Å². The van der Waals surface area contributed by atoms with Gasteiger partial charge >= 0.3 is 5.97 Å². The van der Waals surface area contributed by atoms with Gasteiger partial charge in [0, 0.05) is 13.0 Å². The lowest BCUT2D eigenvalue weighted by molar-refractivity contribution is -0.142. The van der Waals surface area contributed by atoms with Gasteiger partial charge in [-0.25, -0.2) is 4.79 Å². The molecule has 6 nitrogen and oxygen atoms in total. The molecule has 0 heterocycles. The predicted octanol–water partition coefficient (Wildman–Crippen LogP) is 0.990. The van der Waals surface area contributed by atoms with Crippen molar-refractivity contribution in [3.8, 4) is 5.75 Å². The van der Waals surface area contributed by atoms with Crippen LogP contribution in [0, 0.1) is 0 Å². The molecule has 0 amide bonds. The normalized spacial score (nSPS) is 11.2. The van der Waals surface area contributed by atoms with E-state index in [4.69, 9.17) is 15.2 Å². The van der Waals surface area contributed by atoms with Crippen LogP contribution in [0.15, 0.2) is 24.5 Å². The van der Waals surface area contributed by atoms with Crippen molar-refractivity contribution in [2.24, 2.45) is 5.73 Å². The van der Waals surface area contributed by atoms with Crippen molar-refractivity contribution in [2.45, 2.75) is 25.5 Å². The van der Waals surface area contributed by atoms with Gasteiger partial charge in [0.15, 0.2) is 12.2 Å². The van der Waals surface area contributed by atoms with Gasteiger partial charge in [-0.2, -0.15) is 0 Å². The van der Waals surface area contributed by atoms with Crippen molar-refractivity contribution in [1.29, 1.82) is 0 Å². The first-order valence-corrected chi connectivity index (χ1v) is 6.42. The first-order valence-electron chi connectivity index (χ1n) is 6.42. The number of hydrogen-bond donors (Lipinski definition) is 1. The topological polar surface area (TPSA) is 87.8 Å². The van der Waals surface area contributed by atoms with Gasteiger partial charge in [0.1, 0.15) is 11.9 Å². The summed E-state index contributed by atoms with van der Waals surface area (Å²) in [6, 6.07) is 5.50. The second-order valence-electron chi connectivity index (χ2n) is 4.32. The van der Waals surface area contributed by atoms with Crippen molar-refractivity contribution in [3.05, 3.63) is 35.6 Å². The second-order valence-corrected chi connectivity index (χ2v) is 4.32. The number of nitrogens with two attached hydrogens (primary N) is 1. The summed E-state index contributed by atoms with van der Waals surface area (Å²) in [5, 5.41) is 0. The monoisotopic (exact) mass is 293 g/mol. The van der Waals surface area contributed by atoms with E-state index in [-0.39, 0.29) is 6.42 Å². The van der Waals surface area contributed by atoms with E-state index in [1.165, 1.54) is 13.1 Å². The Kier molecular flexibility index (Phi) is 7.01. The van der Waals surface area contributed by atoms with Crippen LogP contribution < -0.4 is 10.5 Å². The smallest absolute Gasteiger partial charge is 0.309 e. The fourth-order valence-electron chi connectivity index (χ4n) is 1.93. The van der Waals surface area contributed by atoms with Gasteiger partial charge in [-0.15, -0.1) is 0 Å².